The minimum Gasteiger partial charge on any atom is -0.288 e. The van der Waals surface area contributed by atoms with Crippen LogP contribution in [0.15, 0.2) is 30.5 Å². The van der Waals surface area contributed by atoms with E-state index in [-0.39, 0.29) is 11.9 Å². The lowest BCUT2D eigenvalue weighted by Crippen LogP contribution is -2.11. The monoisotopic (exact) mass is 339 g/mol. The Kier molecular flexibility index (Phi) is 3.86. The molecule has 1 amide bonds. The van der Waals surface area contributed by atoms with E-state index in [1.165, 1.54) is 16.9 Å². The van der Waals surface area contributed by atoms with E-state index < -0.39 is 0 Å². The first-order chi connectivity index (χ1) is 11.7. The number of aromatic amines is 1. The highest BCUT2D eigenvalue weighted by Crippen LogP contribution is 2.32. The van der Waals surface area contributed by atoms with Gasteiger partial charge in [-0.25, -0.2) is 0 Å². The fourth-order valence-electron chi connectivity index (χ4n) is 2.92. The summed E-state index contributed by atoms with van der Waals surface area (Å²) >= 11 is 1.58. The molecule has 0 spiro atoms. The molecular formula is C17H17N5OS. The number of carbonyl (C=O) groups is 1. The van der Waals surface area contributed by atoms with E-state index in [1.54, 1.807) is 17.5 Å². The van der Waals surface area contributed by atoms with Crippen LogP contribution in [0.5, 0.6) is 0 Å². The molecule has 3 aromatic rings. The molecule has 0 radical (unpaired) electrons. The van der Waals surface area contributed by atoms with E-state index in [1.807, 2.05) is 24.3 Å². The molecule has 1 unspecified atom stereocenters. The zero-order chi connectivity index (χ0) is 16.5. The molecule has 6 nitrogen and oxygen atoms in total. The lowest BCUT2D eigenvalue weighted by atomic mass is 9.90. The van der Waals surface area contributed by atoms with Crippen molar-refractivity contribution in [3.63, 3.8) is 0 Å². The molecule has 0 aromatic carbocycles. The number of carbonyl (C=O) groups excluding carboxylic acids is 1. The van der Waals surface area contributed by atoms with Gasteiger partial charge < -0.3 is 0 Å². The zero-order valence-corrected chi connectivity index (χ0v) is 14.1. The Balaban J connectivity index is 1.50. The highest BCUT2D eigenvalue weighted by Gasteiger charge is 2.21. The van der Waals surface area contributed by atoms with Crippen LogP contribution >= 0.6 is 11.3 Å². The van der Waals surface area contributed by atoms with Crippen molar-refractivity contribution in [1.82, 2.24) is 20.2 Å². The van der Waals surface area contributed by atoms with Crippen LogP contribution in [-0.4, -0.2) is 26.1 Å². The van der Waals surface area contributed by atoms with Gasteiger partial charge in [0, 0.05) is 11.1 Å². The average molecular weight is 339 g/mol. The number of pyridine rings is 1. The smallest absolute Gasteiger partial charge is 0.268 e. The van der Waals surface area contributed by atoms with Gasteiger partial charge in [0.25, 0.3) is 5.91 Å². The number of fused-ring (bicyclic) bond motifs is 1. The van der Waals surface area contributed by atoms with E-state index in [0.29, 0.717) is 17.4 Å². The zero-order valence-electron chi connectivity index (χ0n) is 13.2. The van der Waals surface area contributed by atoms with Crippen molar-refractivity contribution in [2.45, 2.75) is 26.2 Å². The van der Waals surface area contributed by atoms with E-state index in [2.05, 4.69) is 32.4 Å². The lowest BCUT2D eigenvalue weighted by molar-refractivity contribution is 0.102. The van der Waals surface area contributed by atoms with Crippen LogP contribution in [-0.2, 0) is 12.8 Å². The molecular weight excluding hydrogens is 322 g/mol. The summed E-state index contributed by atoms with van der Waals surface area (Å²) in [7, 11) is 0. The molecule has 2 N–H and O–H groups in total. The third-order valence-corrected chi connectivity index (χ3v) is 5.41. The fraction of sp³-hybridized carbons (Fsp3) is 0.294. The quantitative estimate of drug-likeness (QED) is 0.767. The third kappa shape index (κ3) is 2.94. The Bertz CT molecular complexity index is 870. The van der Waals surface area contributed by atoms with Crippen molar-refractivity contribution in [1.29, 1.82) is 0 Å². The van der Waals surface area contributed by atoms with Crippen LogP contribution in [0.2, 0.25) is 0 Å². The highest BCUT2D eigenvalue weighted by atomic mass is 32.1. The maximum absolute atomic E-state index is 12.4. The summed E-state index contributed by atoms with van der Waals surface area (Å²) < 4.78 is 0. The van der Waals surface area contributed by atoms with Gasteiger partial charge in [0.2, 0.25) is 5.95 Å². The van der Waals surface area contributed by atoms with E-state index in [0.717, 1.165) is 17.7 Å². The molecule has 0 aliphatic heterocycles. The van der Waals surface area contributed by atoms with Crippen LogP contribution < -0.4 is 5.32 Å². The van der Waals surface area contributed by atoms with Crippen molar-refractivity contribution in [3.8, 4) is 11.5 Å². The van der Waals surface area contributed by atoms with Crippen molar-refractivity contribution < 1.29 is 4.79 Å². The Morgan fingerprint density at radius 1 is 1.42 bits per heavy atom. The first kappa shape index (κ1) is 15.0. The Hall–Kier alpha value is -2.54. The van der Waals surface area contributed by atoms with Crippen LogP contribution in [0.3, 0.4) is 0 Å². The summed E-state index contributed by atoms with van der Waals surface area (Å²) in [5.74, 6) is 1.33. The molecule has 0 saturated carbocycles. The maximum Gasteiger partial charge on any atom is 0.268 e. The van der Waals surface area contributed by atoms with Gasteiger partial charge >= 0.3 is 0 Å². The van der Waals surface area contributed by atoms with Crippen LogP contribution in [0.1, 0.15) is 33.5 Å². The first-order valence-electron chi connectivity index (χ1n) is 7.96. The summed E-state index contributed by atoms with van der Waals surface area (Å²) in [6.45, 7) is 2.26. The van der Waals surface area contributed by atoms with Crippen molar-refractivity contribution in [2.24, 2.45) is 5.92 Å². The first-order valence-corrected chi connectivity index (χ1v) is 8.77. The second-order valence-electron chi connectivity index (χ2n) is 6.08. The van der Waals surface area contributed by atoms with Gasteiger partial charge in [-0.1, -0.05) is 13.0 Å². The summed E-state index contributed by atoms with van der Waals surface area (Å²) in [5.41, 5.74) is 2.00. The minimum absolute atomic E-state index is 0.159. The van der Waals surface area contributed by atoms with Gasteiger partial charge in [-0.3, -0.25) is 20.2 Å². The molecule has 1 aliphatic rings. The average Bonchev–Trinajstić information content (AvgIpc) is 3.22. The lowest BCUT2D eigenvalue weighted by Gasteiger charge is -2.16. The van der Waals surface area contributed by atoms with Crippen molar-refractivity contribution in [3.05, 3.63) is 45.8 Å². The summed E-state index contributed by atoms with van der Waals surface area (Å²) in [4.78, 5) is 23.0. The maximum atomic E-state index is 12.4. The summed E-state index contributed by atoms with van der Waals surface area (Å²) in [6, 6.07) is 7.56. The predicted molar refractivity (Wildman–Crippen MR) is 93.1 cm³/mol. The number of amides is 1. The van der Waals surface area contributed by atoms with Gasteiger partial charge in [0.05, 0.1) is 4.88 Å². The van der Waals surface area contributed by atoms with Crippen LogP contribution in [0.4, 0.5) is 5.95 Å². The van der Waals surface area contributed by atoms with E-state index in [4.69, 9.17) is 0 Å². The Morgan fingerprint density at radius 3 is 3.17 bits per heavy atom. The van der Waals surface area contributed by atoms with Crippen molar-refractivity contribution >= 4 is 23.2 Å². The molecule has 24 heavy (non-hydrogen) atoms. The number of anilines is 1. The van der Waals surface area contributed by atoms with Gasteiger partial charge in [0.15, 0.2) is 5.82 Å². The van der Waals surface area contributed by atoms with Crippen LogP contribution in [0.25, 0.3) is 11.5 Å². The Morgan fingerprint density at radius 2 is 2.33 bits per heavy atom. The highest BCUT2D eigenvalue weighted by molar-refractivity contribution is 7.14. The number of hydrogen-bond donors (Lipinski definition) is 2. The van der Waals surface area contributed by atoms with Gasteiger partial charge in [-0.2, -0.15) is 4.98 Å². The molecule has 3 heterocycles. The topological polar surface area (TPSA) is 83.6 Å². The third-order valence-electron chi connectivity index (χ3n) is 4.17. The van der Waals surface area contributed by atoms with Gasteiger partial charge in [0.1, 0.15) is 5.69 Å². The molecule has 0 saturated heterocycles. The molecule has 0 fully saturated rings. The summed E-state index contributed by atoms with van der Waals surface area (Å²) in [6.07, 6.45) is 5.01. The number of thiophene rings is 1. The molecule has 122 valence electrons. The minimum atomic E-state index is -0.159. The van der Waals surface area contributed by atoms with Gasteiger partial charge in [-0.05, 0) is 48.9 Å². The molecule has 1 atom stereocenters. The predicted octanol–water partition coefficient (Wildman–Crippen LogP) is 3.31. The molecule has 3 aromatic heterocycles. The molecule has 0 bridgehead atoms. The molecule has 4 rings (SSSR count). The van der Waals surface area contributed by atoms with Gasteiger partial charge in [-0.15, -0.1) is 16.4 Å². The molecule has 1 aliphatic carbocycles. The second kappa shape index (κ2) is 6.16. The number of nitrogens with one attached hydrogen (secondary N) is 2. The molecule has 7 heteroatoms. The fourth-order valence-corrected chi connectivity index (χ4v) is 4.02. The number of rotatable bonds is 3. The van der Waals surface area contributed by atoms with Crippen molar-refractivity contribution in [2.75, 3.05) is 5.32 Å². The normalized spacial score (nSPS) is 16.6. The number of aryl methyl sites for hydroxylation is 1. The Labute approximate surface area is 143 Å². The SMILES string of the molecule is CC1CCc2sc(C(=O)Nc3n[nH]c(-c4ccccn4)n3)cc2C1. The second-order valence-corrected chi connectivity index (χ2v) is 7.22. The number of aromatic nitrogens is 4. The standard InChI is InChI=1S/C17H17N5OS/c1-10-5-6-13-11(8-10)9-14(24-13)16(23)20-17-19-15(21-22-17)12-4-2-3-7-18-12/h2-4,7,9-10H,5-6,8H2,1H3,(H2,19,20,21,22,23). The number of hydrogen-bond acceptors (Lipinski definition) is 5. The van der Waals surface area contributed by atoms with E-state index >= 15 is 0 Å². The summed E-state index contributed by atoms with van der Waals surface area (Å²) in [5, 5.41) is 9.61. The van der Waals surface area contributed by atoms with E-state index in [9.17, 15) is 4.79 Å². The number of nitrogens with zero attached hydrogens (tertiary/aromatic N) is 3. The number of H-pyrrole nitrogens is 1. The largest absolute Gasteiger partial charge is 0.288 e. The van der Waals surface area contributed by atoms with Crippen LogP contribution in [0, 0.1) is 5.92 Å².